The molecular weight excluding hydrogens is 318 g/mol. The summed E-state index contributed by atoms with van der Waals surface area (Å²) in [6.07, 6.45) is 2.24. The van der Waals surface area contributed by atoms with E-state index in [9.17, 15) is 4.79 Å². The van der Waals surface area contributed by atoms with Crippen LogP contribution in [0.15, 0.2) is 41.3 Å². The van der Waals surface area contributed by atoms with Crippen molar-refractivity contribution < 1.29 is 9.84 Å². The van der Waals surface area contributed by atoms with E-state index >= 15 is 0 Å². The van der Waals surface area contributed by atoms with E-state index in [1.54, 1.807) is 13.2 Å². The molecule has 0 aliphatic rings. The Morgan fingerprint density at radius 3 is 2.40 bits per heavy atom. The molecule has 3 aromatic rings. The van der Waals surface area contributed by atoms with Gasteiger partial charge in [0.1, 0.15) is 5.39 Å². The number of nitrogens with zero attached hydrogens (tertiary/aromatic N) is 3. The average molecular weight is 341 g/mol. The fourth-order valence-corrected chi connectivity index (χ4v) is 2.48. The van der Waals surface area contributed by atoms with Crippen LogP contribution >= 0.6 is 0 Å². The maximum absolute atomic E-state index is 12.2. The molecular formula is C19H23N3O3. The van der Waals surface area contributed by atoms with Gasteiger partial charge < -0.3 is 9.84 Å². The summed E-state index contributed by atoms with van der Waals surface area (Å²) in [4.78, 5) is 16.7. The van der Waals surface area contributed by atoms with Gasteiger partial charge in [-0.1, -0.05) is 38.1 Å². The summed E-state index contributed by atoms with van der Waals surface area (Å²) in [6.45, 7) is 4.03. The van der Waals surface area contributed by atoms with Gasteiger partial charge >= 0.3 is 0 Å². The van der Waals surface area contributed by atoms with Crippen LogP contribution in [0.3, 0.4) is 0 Å². The summed E-state index contributed by atoms with van der Waals surface area (Å²) in [5.41, 5.74) is 2.49. The summed E-state index contributed by atoms with van der Waals surface area (Å²) in [6, 6.07) is 9.51. The highest BCUT2D eigenvalue weighted by Gasteiger charge is 2.12. The number of ether oxygens (including phenoxy) is 1. The summed E-state index contributed by atoms with van der Waals surface area (Å²) >= 11 is 0. The van der Waals surface area contributed by atoms with Gasteiger partial charge in [-0.2, -0.15) is 5.10 Å². The largest absolute Gasteiger partial charge is 0.480 e. The minimum absolute atomic E-state index is 0.0251. The molecule has 0 amide bonds. The van der Waals surface area contributed by atoms with Crippen LogP contribution in [0.4, 0.5) is 0 Å². The number of aryl methyl sites for hydroxylation is 1. The third-order valence-corrected chi connectivity index (χ3v) is 3.73. The van der Waals surface area contributed by atoms with Crippen molar-refractivity contribution in [1.29, 1.82) is 0 Å². The van der Waals surface area contributed by atoms with Gasteiger partial charge in [0.2, 0.25) is 5.88 Å². The molecule has 2 aromatic heterocycles. The Bertz CT molecular complexity index is 902. The molecule has 0 aliphatic heterocycles. The zero-order valence-corrected chi connectivity index (χ0v) is 15.0. The van der Waals surface area contributed by atoms with Crippen molar-refractivity contribution in [1.82, 2.24) is 14.8 Å². The van der Waals surface area contributed by atoms with Crippen molar-refractivity contribution in [2.24, 2.45) is 7.05 Å². The normalized spacial score (nSPS) is 10.3. The fraction of sp³-hybridized carbons (Fsp3) is 0.316. The molecule has 6 heteroatoms. The van der Waals surface area contributed by atoms with Crippen molar-refractivity contribution in [3.05, 3.63) is 63.7 Å². The van der Waals surface area contributed by atoms with E-state index < -0.39 is 0 Å². The van der Waals surface area contributed by atoms with Crippen LogP contribution in [-0.4, -0.2) is 27.0 Å². The lowest BCUT2D eigenvalue weighted by molar-refractivity contribution is 0.282. The van der Waals surface area contributed by atoms with Gasteiger partial charge in [-0.15, -0.1) is 0 Å². The predicted octanol–water partition coefficient (Wildman–Crippen LogP) is 2.45. The molecule has 2 heterocycles. The fourth-order valence-electron chi connectivity index (χ4n) is 2.48. The molecule has 1 N–H and O–H groups in total. The lowest BCUT2D eigenvalue weighted by Crippen LogP contribution is -2.20. The first-order chi connectivity index (χ1) is 12.1. The number of benzene rings is 1. The highest BCUT2D eigenvalue weighted by atomic mass is 16.5. The average Bonchev–Trinajstić information content (AvgIpc) is 2.66. The molecule has 6 nitrogen and oxygen atoms in total. The van der Waals surface area contributed by atoms with Gasteiger partial charge in [0, 0.05) is 24.5 Å². The summed E-state index contributed by atoms with van der Waals surface area (Å²) in [7, 11) is 3.10. The maximum Gasteiger partial charge on any atom is 0.279 e. The molecule has 0 unspecified atom stereocenters. The number of aliphatic hydroxyl groups is 1. The van der Waals surface area contributed by atoms with Crippen LogP contribution in [0.2, 0.25) is 0 Å². The van der Waals surface area contributed by atoms with Crippen LogP contribution in [0.5, 0.6) is 5.88 Å². The number of rotatable bonds is 4. The van der Waals surface area contributed by atoms with Gasteiger partial charge in [0.25, 0.3) is 5.56 Å². The molecule has 0 aliphatic carbocycles. The third-order valence-electron chi connectivity index (χ3n) is 3.73. The Morgan fingerprint density at radius 1 is 1.16 bits per heavy atom. The van der Waals surface area contributed by atoms with Gasteiger partial charge in [-0.05, 0) is 17.2 Å². The van der Waals surface area contributed by atoms with Crippen molar-refractivity contribution >= 4 is 10.8 Å². The van der Waals surface area contributed by atoms with Crippen molar-refractivity contribution in [2.75, 3.05) is 7.11 Å². The first kappa shape index (κ1) is 18.6. The smallest absolute Gasteiger partial charge is 0.279 e. The molecule has 1 aromatic carbocycles. The quantitative estimate of drug-likeness (QED) is 0.789. The molecule has 0 saturated carbocycles. The van der Waals surface area contributed by atoms with Crippen LogP contribution in [-0.2, 0) is 20.1 Å². The first-order valence-electron chi connectivity index (χ1n) is 8.21. The van der Waals surface area contributed by atoms with E-state index in [2.05, 4.69) is 10.1 Å². The lowest BCUT2D eigenvalue weighted by Gasteiger charge is -2.09. The molecule has 25 heavy (non-hydrogen) atoms. The zero-order chi connectivity index (χ0) is 18.4. The Labute approximate surface area is 146 Å². The van der Waals surface area contributed by atoms with Gasteiger partial charge in [-0.25, -0.2) is 9.67 Å². The highest BCUT2D eigenvalue weighted by Crippen LogP contribution is 2.22. The molecule has 0 fully saturated rings. The monoisotopic (exact) mass is 341 g/mol. The Morgan fingerprint density at radius 2 is 1.80 bits per heavy atom. The van der Waals surface area contributed by atoms with Crippen molar-refractivity contribution in [3.63, 3.8) is 0 Å². The minimum Gasteiger partial charge on any atom is -0.480 e. The maximum atomic E-state index is 12.2. The van der Waals surface area contributed by atoms with Crippen LogP contribution in [0, 0.1) is 0 Å². The number of hydrogen-bond acceptors (Lipinski definition) is 5. The number of methoxy groups -OCH3 is 1. The topological polar surface area (TPSA) is 77.2 Å². The third kappa shape index (κ3) is 4.03. The highest BCUT2D eigenvalue weighted by molar-refractivity contribution is 5.85. The van der Waals surface area contributed by atoms with Crippen LogP contribution < -0.4 is 10.3 Å². The Balaban J connectivity index is 0.00000109. The van der Waals surface area contributed by atoms with E-state index in [-0.39, 0.29) is 12.2 Å². The number of fused-ring (bicyclic) bond motifs is 1. The summed E-state index contributed by atoms with van der Waals surface area (Å²) in [5.74, 6) is 0.312. The molecule has 132 valence electrons. The summed E-state index contributed by atoms with van der Waals surface area (Å²) in [5, 5.41) is 14.3. The SMILES string of the molecule is CC.COc1nc(Cc2ccc(CO)cc2)cc2cnn(C)c(=O)c12. The van der Waals surface area contributed by atoms with Gasteiger partial charge in [0.05, 0.1) is 19.9 Å². The number of aromatic nitrogens is 3. The molecule has 0 radical (unpaired) electrons. The Kier molecular flexibility index (Phi) is 6.25. The second-order valence-corrected chi connectivity index (χ2v) is 5.31. The van der Waals surface area contributed by atoms with Crippen LogP contribution in [0.25, 0.3) is 10.8 Å². The number of pyridine rings is 1. The second kappa shape index (κ2) is 8.39. The second-order valence-electron chi connectivity index (χ2n) is 5.31. The van der Waals surface area contributed by atoms with Gasteiger partial charge in [-0.3, -0.25) is 4.79 Å². The van der Waals surface area contributed by atoms with E-state index in [4.69, 9.17) is 9.84 Å². The molecule has 0 bridgehead atoms. The zero-order valence-electron chi connectivity index (χ0n) is 15.0. The standard InChI is InChI=1S/C17H17N3O3.C2H6/c1-20-17(22)15-13(9-18-20)8-14(19-16(15)23-2)7-11-3-5-12(10-21)6-4-11;1-2/h3-6,8-9,21H,7,10H2,1-2H3;1-2H3. The minimum atomic E-state index is -0.231. The Hall–Kier alpha value is -2.73. The van der Waals surface area contributed by atoms with Gasteiger partial charge in [0.15, 0.2) is 0 Å². The summed E-state index contributed by atoms with van der Waals surface area (Å²) < 4.78 is 6.56. The molecule has 3 rings (SSSR count). The molecule has 0 spiro atoms. The van der Waals surface area contributed by atoms with Crippen molar-refractivity contribution in [2.45, 2.75) is 26.9 Å². The van der Waals surface area contributed by atoms with Crippen molar-refractivity contribution in [3.8, 4) is 5.88 Å². The van der Waals surface area contributed by atoms with E-state index in [1.165, 1.54) is 11.8 Å². The van der Waals surface area contributed by atoms with E-state index in [0.29, 0.717) is 23.1 Å². The predicted molar refractivity (Wildman–Crippen MR) is 97.8 cm³/mol. The van der Waals surface area contributed by atoms with E-state index in [0.717, 1.165) is 16.8 Å². The molecule has 0 atom stereocenters. The van der Waals surface area contributed by atoms with Crippen LogP contribution in [0.1, 0.15) is 30.7 Å². The first-order valence-corrected chi connectivity index (χ1v) is 8.21. The number of aliphatic hydroxyl groups excluding tert-OH is 1. The lowest BCUT2D eigenvalue weighted by atomic mass is 10.1. The van der Waals surface area contributed by atoms with E-state index in [1.807, 2.05) is 44.2 Å². The molecule has 0 saturated heterocycles. The number of hydrogen-bond donors (Lipinski definition) is 1.